The predicted molar refractivity (Wildman–Crippen MR) is 103 cm³/mol. The Hall–Kier alpha value is -1.50. The average Bonchev–Trinajstić information content (AvgIpc) is 3.30. The van der Waals surface area contributed by atoms with Crippen LogP contribution in [-0.4, -0.2) is 37.2 Å². The fourth-order valence-electron chi connectivity index (χ4n) is 4.29. The van der Waals surface area contributed by atoms with Crippen LogP contribution in [0.5, 0.6) is 5.75 Å². The first-order valence-electron chi connectivity index (χ1n) is 9.94. The molecule has 7 heteroatoms. The number of carbonyl (C=O) groups is 1. The van der Waals surface area contributed by atoms with Crippen LogP contribution in [0, 0.1) is 0 Å². The van der Waals surface area contributed by atoms with Crippen molar-refractivity contribution in [3.05, 3.63) is 23.2 Å². The summed E-state index contributed by atoms with van der Waals surface area (Å²) in [5.41, 5.74) is 0.648. The normalized spacial score (nSPS) is 24.9. The van der Waals surface area contributed by atoms with Crippen molar-refractivity contribution in [3.8, 4) is 5.75 Å². The van der Waals surface area contributed by atoms with Gasteiger partial charge in [0.1, 0.15) is 5.75 Å². The van der Waals surface area contributed by atoms with Crippen molar-refractivity contribution in [2.24, 2.45) is 0 Å². The first kappa shape index (κ1) is 18.8. The summed E-state index contributed by atoms with van der Waals surface area (Å²) in [7, 11) is 0. The van der Waals surface area contributed by atoms with Crippen molar-refractivity contribution in [1.82, 2.24) is 5.32 Å². The molecule has 1 spiro atoms. The van der Waals surface area contributed by atoms with Crippen molar-refractivity contribution in [1.29, 1.82) is 0 Å². The van der Waals surface area contributed by atoms with Gasteiger partial charge in [0, 0.05) is 24.6 Å². The molecular weight excluding hydrogens is 368 g/mol. The summed E-state index contributed by atoms with van der Waals surface area (Å²) >= 11 is 6.34. The van der Waals surface area contributed by atoms with E-state index in [1.807, 2.05) is 12.1 Å². The van der Waals surface area contributed by atoms with Gasteiger partial charge in [0.25, 0.3) is 0 Å². The number of hydrogen-bond acceptors (Lipinski definition) is 4. The number of ether oxygens (including phenoxy) is 3. The summed E-state index contributed by atoms with van der Waals surface area (Å²) in [6.45, 7) is 1.26. The molecule has 27 heavy (non-hydrogen) atoms. The van der Waals surface area contributed by atoms with Gasteiger partial charge in [0.05, 0.1) is 24.3 Å². The third kappa shape index (κ3) is 4.68. The van der Waals surface area contributed by atoms with Crippen molar-refractivity contribution in [2.75, 3.05) is 18.5 Å². The maximum atomic E-state index is 12.4. The van der Waals surface area contributed by atoms with E-state index in [1.165, 1.54) is 12.8 Å². The predicted octanol–water partition coefficient (Wildman–Crippen LogP) is 4.47. The highest BCUT2D eigenvalue weighted by Gasteiger charge is 2.41. The number of nitrogens with one attached hydrogen (secondary N) is 2. The zero-order chi connectivity index (χ0) is 18.7. The first-order chi connectivity index (χ1) is 13.1. The van der Waals surface area contributed by atoms with Gasteiger partial charge in [-0.25, -0.2) is 4.79 Å². The summed E-state index contributed by atoms with van der Waals surface area (Å²) in [6, 6.07) is 5.18. The molecule has 3 aliphatic rings. The zero-order valence-corrected chi connectivity index (χ0v) is 16.2. The summed E-state index contributed by atoms with van der Waals surface area (Å²) in [5.74, 6) is 0.179. The van der Waals surface area contributed by atoms with Gasteiger partial charge < -0.3 is 24.8 Å². The third-order valence-corrected chi connectivity index (χ3v) is 5.90. The number of hydrogen-bond donors (Lipinski definition) is 2. The fraction of sp³-hybridized carbons (Fsp3) is 0.650. The number of benzene rings is 1. The Balaban J connectivity index is 1.30. The highest BCUT2D eigenvalue weighted by Crippen LogP contribution is 2.36. The van der Waals surface area contributed by atoms with Gasteiger partial charge in [0.2, 0.25) is 0 Å². The van der Waals surface area contributed by atoms with Crippen molar-refractivity contribution in [2.45, 2.75) is 69.3 Å². The van der Waals surface area contributed by atoms with Gasteiger partial charge in [-0.15, -0.1) is 0 Å². The largest absolute Gasteiger partial charge is 0.489 e. The van der Waals surface area contributed by atoms with Crippen LogP contribution in [0.4, 0.5) is 10.5 Å². The Kier molecular flexibility index (Phi) is 5.76. The third-order valence-electron chi connectivity index (χ3n) is 5.60. The number of urea groups is 1. The van der Waals surface area contributed by atoms with Crippen molar-refractivity contribution < 1.29 is 19.0 Å². The maximum absolute atomic E-state index is 12.4. The molecule has 2 aliphatic carbocycles. The first-order valence-corrected chi connectivity index (χ1v) is 10.3. The molecule has 1 atom stereocenters. The molecule has 0 radical (unpaired) electrons. The van der Waals surface area contributed by atoms with Gasteiger partial charge in [-0.2, -0.15) is 0 Å². The molecule has 0 aromatic heterocycles. The molecule has 1 aliphatic heterocycles. The van der Waals surface area contributed by atoms with Crippen LogP contribution in [0.25, 0.3) is 0 Å². The summed E-state index contributed by atoms with van der Waals surface area (Å²) in [4.78, 5) is 12.4. The zero-order valence-electron chi connectivity index (χ0n) is 15.5. The quantitative estimate of drug-likeness (QED) is 0.790. The van der Waals surface area contributed by atoms with Crippen LogP contribution in [0.3, 0.4) is 0 Å². The minimum atomic E-state index is -0.501. The Bertz CT molecular complexity index is 672. The van der Waals surface area contributed by atoms with E-state index in [1.54, 1.807) is 6.07 Å². The van der Waals surface area contributed by atoms with Gasteiger partial charge in [-0.3, -0.25) is 0 Å². The lowest BCUT2D eigenvalue weighted by molar-refractivity contribution is -0.180. The van der Waals surface area contributed by atoms with Crippen molar-refractivity contribution in [3.63, 3.8) is 0 Å². The molecule has 1 aromatic carbocycles. The monoisotopic (exact) mass is 394 g/mol. The number of rotatable bonds is 4. The minimum absolute atomic E-state index is 0.0392. The lowest BCUT2D eigenvalue weighted by Gasteiger charge is -2.36. The average molecular weight is 395 g/mol. The SMILES string of the molecule is O=C(Nc1ccc(OC2CCCC2)c(Cl)c1)NC1CCCC2(C1)OCCO2. The summed E-state index contributed by atoms with van der Waals surface area (Å²) < 4.78 is 17.5. The number of anilines is 1. The van der Waals surface area contributed by atoms with Crippen LogP contribution in [0.1, 0.15) is 51.4 Å². The molecule has 4 rings (SSSR count). The van der Waals surface area contributed by atoms with Gasteiger partial charge in [-0.05, 0) is 56.7 Å². The Morgan fingerprint density at radius 1 is 1.15 bits per heavy atom. The molecule has 2 saturated carbocycles. The number of halogens is 1. The van der Waals surface area contributed by atoms with Crippen LogP contribution >= 0.6 is 11.6 Å². The minimum Gasteiger partial charge on any atom is -0.489 e. The standard InChI is InChI=1S/C20H27ClN2O4/c21-17-12-14(7-8-18(17)27-16-5-1-2-6-16)22-19(24)23-15-4-3-9-20(13-15)25-10-11-26-20/h7-8,12,15-16H,1-6,9-11,13H2,(H2,22,23,24). The van der Waals surface area contributed by atoms with E-state index in [0.717, 1.165) is 32.1 Å². The van der Waals surface area contributed by atoms with E-state index >= 15 is 0 Å². The van der Waals surface area contributed by atoms with E-state index in [9.17, 15) is 4.79 Å². The lowest BCUT2D eigenvalue weighted by atomic mass is 9.90. The Labute approximate surface area is 164 Å². The van der Waals surface area contributed by atoms with Gasteiger partial charge >= 0.3 is 6.03 Å². The number of carbonyl (C=O) groups excluding carboxylic acids is 1. The molecule has 1 unspecified atom stereocenters. The van der Waals surface area contributed by atoms with Crippen molar-refractivity contribution >= 4 is 23.3 Å². The highest BCUT2D eigenvalue weighted by molar-refractivity contribution is 6.32. The molecule has 6 nitrogen and oxygen atoms in total. The van der Waals surface area contributed by atoms with E-state index < -0.39 is 5.79 Å². The molecule has 0 bridgehead atoms. The molecule has 3 fully saturated rings. The second-order valence-corrected chi connectivity index (χ2v) is 8.08. The second-order valence-electron chi connectivity index (χ2n) is 7.67. The van der Waals surface area contributed by atoms with Crippen LogP contribution < -0.4 is 15.4 Å². The van der Waals surface area contributed by atoms with Gasteiger partial charge in [-0.1, -0.05) is 11.6 Å². The van der Waals surface area contributed by atoms with E-state index in [-0.39, 0.29) is 18.2 Å². The second kappa shape index (κ2) is 8.25. The van der Waals surface area contributed by atoms with Crippen LogP contribution in [0.15, 0.2) is 18.2 Å². The molecule has 1 aromatic rings. The molecule has 2 N–H and O–H groups in total. The molecule has 148 valence electrons. The van der Waals surface area contributed by atoms with Crippen LogP contribution in [-0.2, 0) is 9.47 Å². The van der Waals surface area contributed by atoms with E-state index in [4.69, 9.17) is 25.8 Å². The number of amides is 2. The Morgan fingerprint density at radius 3 is 2.67 bits per heavy atom. The maximum Gasteiger partial charge on any atom is 0.319 e. The van der Waals surface area contributed by atoms with Gasteiger partial charge in [0.15, 0.2) is 5.79 Å². The fourth-order valence-corrected chi connectivity index (χ4v) is 4.52. The molecule has 1 heterocycles. The molecule has 2 amide bonds. The highest BCUT2D eigenvalue weighted by atomic mass is 35.5. The van der Waals surface area contributed by atoms with E-state index in [0.29, 0.717) is 36.1 Å². The van der Waals surface area contributed by atoms with Crippen LogP contribution in [0.2, 0.25) is 5.02 Å². The topological polar surface area (TPSA) is 68.8 Å². The Morgan fingerprint density at radius 2 is 1.93 bits per heavy atom. The molecule has 1 saturated heterocycles. The smallest absolute Gasteiger partial charge is 0.319 e. The summed E-state index contributed by atoms with van der Waals surface area (Å²) in [5, 5.41) is 6.40. The molecular formula is C20H27ClN2O4. The van der Waals surface area contributed by atoms with E-state index in [2.05, 4.69) is 10.6 Å². The summed E-state index contributed by atoms with van der Waals surface area (Å²) in [6.07, 6.45) is 8.31. The lowest BCUT2D eigenvalue weighted by Crippen LogP contribution is -2.47.